The second-order valence-electron chi connectivity index (χ2n) is 6.52. The summed E-state index contributed by atoms with van der Waals surface area (Å²) < 4.78 is 0. The number of rotatable bonds is 7. The highest BCUT2D eigenvalue weighted by Crippen LogP contribution is 2.16. The predicted octanol–water partition coefficient (Wildman–Crippen LogP) is 2.78. The van der Waals surface area contributed by atoms with Crippen molar-refractivity contribution in [1.29, 1.82) is 0 Å². The third-order valence-corrected chi connectivity index (χ3v) is 4.59. The van der Waals surface area contributed by atoms with E-state index in [2.05, 4.69) is 45.5 Å². The van der Waals surface area contributed by atoms with E-state index in [0.29, 0.717) is 5.92 Å². The minimum absolute atomic E-state index is 0.0478. The van der Waals surface area contributed by atoms with Gasteiger partial charge in [0.15, 0.2) is 0 Å². The average molecular weight is 335 g/mol. The monoisotopic (exact) mass is 335 g/mol. The molecular formula is C21H25N3O. The lowest BCUT2D eigenvalue weighted by Gasteiger charge is -2.16. The van der Waals surface area contributed by atoms with Crippen LogP contribution in [0.15, 0.2) is 60.8 Å². The number of aromatic nitrogens is 1. The van der Waals surface area contributed by atoms with Crippen LogP contribution in [0.5, 0.6) is 0 Å². The van der Waals surface area contributed by atoms with Crippen molar-refractivity contribution in [1.82, 2.24) is 15.2 Å². The Kier molecular flexibility index (Phi) is 6.35. The first-order chi connectivity index (χ1) is 12.3. The average Bonchev–Trinajstić information content (AvgIpc) is 3.13. The Morgan fingerprint density at radius 3 is 2.84 bits per heavy atom. The summed E-state index contributed by atoms with van der Waals surface area (Å²) in [5.41, 5.74) is 2.18. The van der Waals surface area contributed by atoms with Crippen molar-refractivity contribution in [3.05, 3.63) is 72.1 Å². The van der Waals surface area contributed by atoms with E-state index in [1.807, 2.05) is 18.2 Å². The number of pyridine rings is 1. The smallest absolute Gasteiger partial charge is 0.244 e. The number of nitrogens with one attached hydrogen (secondary N) is 1. The van der Waals surface area contributed by atoms with Crippen LogP contribution in [0, 0.1) is 5.92 Å². The second kappa shape index (κ2) is 9.14. The van der Waals surface area contributed by atoms with Gasteiger partial charge in [-0.2, -0.15) is 0 Å². The van der Waals surface area contributed by atoms with E-state index in [-0.39, 0.29) is 5.91 Å². The van der Waals surface area contributed by atoms with Crippen LogP contribution in [0.25, 0.3) is 6.08 Å². The number of hydrogen-bond donors (Lipinski definition) is 1. The van der Waals surface area contributed by atoms with E-state index in [1.54, 1.807) is 18.3 Å². The molecule has 0 bridgehead atoms. The topological polar surface area (TPSA) is 45.2 Å². The van der Waals surface area contributed by atoms with Gasteiger partial charge in [-0.1, -0.05) is 36.4 Å². The molecule has 25 heavy (non-hydrogen) atoms. The van der Waals surface area contributed by atoms with Gasteiger partial charge in [0.2, 0.25) is 5.91 Å². The maximum atomic E-state index is 11.9. The van der Waals surface area contributed by atoms with E-state index in [1.165, 1.54) is 5.56 Å². The van der Waals surface area contributed by atoms with E-state index in [4.69, 9.17) is 0 Å². The number of nitrogens with zero attached hydrogens (tertiary/aromatic N) is 2. The molecule has 130 valence electrons. The summed E-state index contributed by atoms with van der Waals surface area (Å²) in [5.74, 6) is 0.497. The van der Waals surface area contributed by atoms with Gasteiger partial charge >= 0.3 is 0 Å². The first-order valence-corrected chi connectivity index (χ1v) is 8.93. The summed E-state index contributed by atoms with van der Waals surface area (Å²) in [4.78, 5) is 18.6. The largest absolute Gasteiger partial charge is 0.352 e. The summed E-state index contributed by atoms with van der Waals surface area (Å²) in [6, 6.07) is 16.3. The molecule has 1 atom stereocenters. The van der Waals surface area contributed by atoms with Crippen LogP contribution in [0.4, 0.5) is 0 Å². The Hall–Kier alpha value is -2.46. The van der Waals surface area contributed by atoms with E-state index in [9.17, 15) is 4.79 Å². The molecule has 4 heteroatoms. The minimum atomic E-state index is -0.0478. The molecule has 0 aliphatic carbocycles. The molecule has 1 N–H and O–H groups in total. The summed E-state index contributed by atoms with van der Waals surface area (Å²) in [7, 11) is 0. The van der Waals surface area contributed by atoms with Crippen LogP contribution < -0.4 is 5.32 Å². The fourth-order valence-corrected chi connectivity index (χ4v) is 3.15. The van der Waals surface area contributed by atoms with Gasteiger partial charge in [-0.25, -0.2) is 0 Å². The molecule has 3 rings (SSSR count). The molecule has 0 spiro atoms. The van der Waals surface area contributed by atoms with Crippen LogP contribution in [0.2, 0.25) is 0 Å². The zero-order valence-corrected chi connectivity index (χ0v) is 14.5. The van der Waals surface area contributed by atoms with Gasteiger partial charge in [-0.15, -0.1) is 0 Å². The van der Waals surface area contributed by atoms with Gasteiger partial charge < -0.3 is 10.2 Å². The zero-order chi connectivity index (χ0) is 17.3. The van der Waals surface area contributed by atoms with E-state index >= 15 is 0 Å². The summed E-state index contributed by atoms with van der Waals surface area (Å²) >= 11 is 0. The van der Waals surface area contributed by atoms with Crippen molar-refractivity contribution < 1.29 is 4.79 Å². The van der Waals surface area contributed by atoms with Crippen LogP contribution in [-0.4, -0.2) is 42.0 Å². The number of likely N-dealkylation sites (tertiary alicyclic amines) is 1. The van der Waals surface area contributed by atoms with E-state index < -0.39 is 0 Å². The predicted molar refractivity (Wildman–Crippen MR) is 101 cm³/mol. The maximum absolute atomic E-state index is 11.9. The molecule has 1 aliphatic rings. The molecule has 1 saturated heterocycles. The highest BCUT2D eigenvalue weighted by molar-refractivity contribution is 5.91. The number of carbonyl (C=O) groups excluding carboxylic acids is 1. The van der Waals surface area contributed by atoms with Crippen molar-refractivity contribution in [3.8, 4) is 0 Å². The lowest BCUT2D eigenvalue weighted by atomic mass is 10.1. The van der Waals surface area contributed by atoms with Crippen molar-refractivity contribution in [3.63, 3.8) is 0 Å². The molecule has 1 aromatic carbocycles. The number of amides is 1. The summed E-state index contributed by atoms with van der Waals surface area (Å²) in [6.45, 7) is 4.02. The van der Waals surface area contributed by atoms with Crippen LogP contribution in [0.1, 0.15) is 17.7 Å². The van der Waals surface area contributed by atoms with Gasteiger partial charge in [0.1, 0.15) is 0 Å². The van der Waals surface area contributed by atoms with Gasteiger partial charge in [0.25, 0.3) is 0 Å². The van der Waals surface area contributed by atoms with Gasteiger partial charge in [0, 0.05) is 31.9 Å². The van der Waals surface area contributed by atoms with Crippen LogP contribution in [-0.2, 0) is 11.2 Å². The molecule has 0 radical (unpaired) electrons. The van der Waals surface area contributed by atoms with Gasteiger partial charge in [0.05, 0.1) is 5.69 Å². The number of benzene rings is 1. The van der Waals surface area contributed by atoms with Crippen molar-refractivity contribution in [2.75, 3.05) is 26.2 Å². The lowest BCUT2D eigenvalue weighted by molar-refractivity contribution is -0.116. The number of hydrogen-bond acceptors (Lipinski definition) is 3. The van der Waals surface area contributed by atoms with Crippen molar-refractivity contribution in [2.45, 2.75) is 12.8 Å². The number of carbonyl (C=O) groups is 1. The molecule has 1 fully saturated rings. The molecule has 0 saturated carbocycles. The molecule has 0 unspecified atom stereocenters. The highest BCUT2D eigenvalue weighted by Gasteiger charge is 2.22. The lowest BCUT2D eigenvalue weighted by Crippen LogP contribution is -2.30. The molecular weight excluding hydrogens is 310 g/mol. The minimum Gasteiger partial charge on any atom is -0.352 e. The zero-order valence-electron chi connectivity index (χ0n) is 14.5. The van der Waals surface area contributed by atoms with Crippen molar-refractivity contribution >= 4 is 12.0 Å². The second-order valence-corrected chi connectivity index (χ2v) is 6.52. The third-order valence-electron chi connectivity index (χ3n) is 4.59. The molecule has 1 amide bonds. The quantitative estimate of drug-likeness (QED) is 0.792. The molecule has 2 aromatic rings. The first kappa shape index (κ1) is 17.4. The molecule has 1 aromatic heterocycles. The maximum Gasteiger partial charge on any atom is 0.244 e. The Morgan fingerprint density at radius 2 is 2.04 bits per heavy atom. The standard InChI is InChI=1S/C21H25N3O/c25-21(10-9-20-8-4-5-13-22-20)23-16-19-12-15-24(17-19)14-11-18-6-2-1-3-7-18/h1-10,13,19H,11-12,14-17H2,(H,23,25)/b10-9+/t19-/m1/s1. The van der Waals surface area contributed by atoms with Crippen LogP contribution in [0.3, 0.4) is 0 Å². The van der Waals surface area contributed by atoms with Gasteiger partial charge in [-0.05, 0) is 49.1 Å². The summed E-state index contributed by atoms with van der Waals surface area (Å²) in [5, 5.41) is 3.01. The van der Waals surface area contributed by atoms with E-state index in [0.717, 1.165) is 44.7 Å². The Balaban J connectivity index is 1.35. The van der Waals surface area contributed by atoms with Crippen LogP contribution >= 0.6 is 0 Å². The Labute approximate surface area is 149 Å². The highest BCUT2D eigenvalue weighted by atomic mass is 16.1. The first-order valence-electron chi connectivity index (χ1n) is 8.93. The summed E-state index contributed by atoms with van der Waals surface area (Å²) in [6.07, 6.45) is 7.27. The Morgan fingerprint density at radius 1 is 1.20 bits per heavy atom. The molecule has 2 heterocycles. The fourth-order valence-electron chi connectivity index (χ4n) is 3.15. The van der Waals surface area contributed by atoms with Crippen molar-refractivity contribution in [2.24, 2.45) is 5.92 Å². The van der Waals surface area contributed by atoms with Gasteiger partial charge in [-0.3, -0.25) is 9.78 Å². The SMILES string of the molecule is O=C(/C=C/c1ccccn1)NC[C@H]1CCN(CCc2ccccc2)C1. The third kappa shape index (κ3) is 5.84. The molecule has 4 nitrogen and oxygen atoms in total. The molecule has 1 aliphatic heterocycles. The normalized spacial score (nSPS) is 17.8. The fraction of sp³-hybridized carbons (Fsp3) is 0.333. The Bertz CT molecular complexity index is 685.